The summed E-state index contributed by atoms with van der Waals surface area (Å²) in [4.78, 5) is 0. The summed E-state index contributed by atoms with van der Waals surface area (Å²) in [5.41, 5.74) is 0. The van der Waals surface area contributed by atoms with E-state index < -0.39 is 16.5 Å². The van der Waals surface area contributed by atoms with E-state index in [2.05, 4.69) is 83.8 Å². The van der Waals surface area contributed by atoms with E-state index in [1.54, 1.807) is 10.4 Å². The molecule has 33 heavy (non-hydrogen) atoms. The molecule has 0 spiro atoms. The predicted molar refractivity (Wildman–Crippen MR) is 141 cm³/mol. The van der Waals surface area contributed by atoms with Crippen molar-refractivity contribution in [1.29, 1.82) is 0 Å². The van der Waals surface area contributed by atoms with Crippen LogP contribution in [0.5, 0.6) is 0 Å². The van der Waals surface area contributed by atoms with E-state index in [-0.39, 0.29) is 26.2 Å². The molecule has 0 N–H and O–H groups in total. The molecule has 4 rings (SSSR count). The van der Waals surface area contributed by atoms with E-state index in [4.69, 9.17) is 10.2 Å². The van der Waals surface area contributed by atoms with Gasteiger partial charge in [-0.05, 0) is 51.9 Å². The van der Waals surface area contributed by atoms with Crippen molar-refractivity contribution in [2.75, 3.05) is 40.4 Å². The smallest absolute Gasteiger partial charge is 0.857 e. The molecular formula is C26H46N2O2Si2Zr. The summed E-state index contributed by atoms with van der Waals surface area (Å²) in [6.07, 6.45) is 8.46. The van der Waals surface area contributed by atoms with Gasteiger partial charge in [-0.15, -0.1) is 10.4 Å². The van der Waals surface area contributed by atoms with Gasteiger partial charge in [-0.1, -0.05) is 39.0 Å². The minimum absolute atomic E-state index is 0. The van der Waals surface area contributed by atoms with Crippen molar-refractivity contribution < 1.29 is 36.4 Å². The minimum atomic E-state index is -1.29. The van der Waals surface area contributed by atoms with Crippen molar-refractivity contribution >= 4 is 26.8 Å². The molecule has 2 aliphatic heterocycles. The first kappa shape index (κ1) is 32.9. The summed E-state index contributed by atoms with van der Waals surface area (Å²) in [6, 6.07) is 17.9. The predicted octanol–water partition coefficient (Wildman–Crippen LogP) is 2.56. The van der Waals surface area contributed by atoms with Crippen molar-refractivity contribution in [2.45, 2.75) is 64.7 Å². The van der Waals surface area contributed by atoms with Crippen molar-refractivity contribution in [3.05, 3.63) is 48.5 Å². The summed E-state index contributed by atoms with van der Waals surface area (Å²) in [5, 5.41) is 19.7. The third-order valence-electron chi connectivity index (χ3n) is 7.03. The Labute approximate surface area is 225 Å². The third-order valence-corrected chi connectivity index (χ3v) is 14.6. The molecule has 0 unspecified atom stereocenters. The maximum absolute atomic E-state index is 8.25. The second-order valence-electron chi connectivity index (χ2n) is 9.56. The van der Waals surface area contributed by atoms with Crippen LogP contribution in [-0.2, 0) is 26.2 Å². The van der Waals surface area contributed by atoms with Gasteiger partial charge in [0.15, 0.2) is 0 Å². The topological polar surface area (TPSA) is 52.6 Å². The van der Waals surface area contributed by atoms with Crippen LogP contribution in [0.1, 0.15) is 38.5 Å². The summed E-state index contributed by atoms with van der Waals surface area (Å²) in [7, 11) is -1.09. The Morgan fingerprint density at radius 1 is 0.515 bits per heavy atom. The van der Waals surface area contributed by atoms with Crippen molar-refractivity contribution in [1.82, 2.24) is 9.13 Å². The van der Waals surface area contributed by atoms with Crippen molar-refractivity contribution in [3.8, 4) is 0 Å². The molecule has 2 aliphatic rings. The molecule has 0 bridgehead atoms. The number of rotatable bonds is 4. The Kier molecular flexibility index (Phi) is 17.2. The van der Waals surface area contributed by atoms with E-state index in [0.717, 1.165) is 14.2 Å². The second-order valence-corrected chi connectivity index (χ2v) is 18.2. The maximum Gasteiger partial charge on any atom is 4.00 e. The van der Waals surface area contributed by atoms with Crippen LogP contribution in [0.2, 0.25) is 26.2 Å². The minimum Gasteiger partial charge on any atom is -0.857 e. The summed E-state index contributed by atoms with van der Waals surface area (Å²) < 4.78 is 5.51. The Morgan fingerprint density at radius 3 is 1.00 bits per heavy atom. The zero-order valence-corrected chi connectivity index (χ0v) is 26.4. The molecular weight excluding hydrogens is 520 g/mol. The molecule has 184 valence electrons. The zero-order valence-electron chi connectivity index (χ0n) is 21.9. The van der Waals surface area contributed by atoms with Gasteiger partial charge >= 0.3 is 26.2 Å². The van der Waals surface area contributed by atoms with Gasteiger partial charge in [0.05, 0.1) is 16.5 Å². The number of nitrogens with zero attached hydrogens (tertiary/aromatic N) is 2. The van der Waals surface area contributed by atoms with E-state index in [0.29, 0.717) is 0 Å². The molecule has 0 amide bonds. The van der Waals surface area contributed by atoms with E-state index >= 15 is 0 Å². The molecule has 2 saturated heterocycles. The second kappa shape index (κ2) is 17.3. The van der Waals surface area contributed by atoms with Gasteiger partial charge in [0.25, 0.3) is 0 Å². The monoisotopic (exact) mass is 564 g/mol. The van der Waals surface area contributed by atoms with Gasteiger partial charge in [0, 0.05) is 0 Å². The first-order chi connectivity index (χ1) is 15.4. The normalized spacial score (nSPS) is 17.2. The van der Waals surface area contributed by atoms with Crippen molar-refractivity contribution in [3.63, 3.8) is 0 Å². The summed E-state index contributed by atoms with van der Waals surface area (Å²) in [6.45, 7) is 15.2. The van der Waals surface area contributed by atoms with Gasteiger partial charge in [-0.3, -0.25) is 0 Å². The molecule has 2 aromatic carbocycles. The number of hydrogen-bond acceptors (Lipinski definition) is 4. The largest absolute Gasteiger partial charge is 4.00 e. The third kappa shape index (κ3) is 9.79. The molecule has 0 aromatic heterocycles. The van der Waals surface area contributed by atoms with Gasteiger partial charge < -0.3 is 19.3 Å². The molecule has 7 heteroatoms. The Hall–Kier alpha value is -0.143. The maximum atomic E-state index is 8.25. The van der Waals surface area contributed by atoms with Crippen LogP contribution in [0, 0.1) is 0 Å². The molecule has 2 aromatic rings. The molecule has 4 nitrogen and oxygen atoms in total. The molecule has 0 aliphatic carbocycles. The average molecular weight is 566 g/mol. The quantitative estimate of drug-likeness (QED) is 0.422. The van der Waals surface area contributed by atoms with E-state index in [9.17, 15) is 0 Å². The molecule has 0 atom stereocenters. The fourth-order valence-corrected chi connectivity index (χ4v) is 10.4. The van der Waals surface area contributed by atoms with E-state index in [1.165, 1.54) is 64.7 Å². The van der Waals surface area contributed by atoms with Gasteiger partial charge in [-0.25, -0.2) is 24.3 Å². The van der Waals surface area contributed by atoms with Gasteiger partial charge in [0.1, 0.15) is 0 Å². The Balaban J connectivity index is 0.000000526. The van der Waals surface area contributed by atoms with Crippen LogP contribution in [0.15, 0.2) is 48.5 Å². The van der Waals surface area contributed by atoms with Crippen LogP contribution < -0.4 is 20.6 Å². The van der Waals surface area contributed by atoms with Gasteiger partial charge in [-0.2, -0.15) is 38.5 Å². The van der Waals surface area contributed by atoms with Crippen LogP contribution in [0.4, 0.5) is 0 Å². The van der Waals surface area contributed by atoms with E-state index in [1.807, 2.05) is 0 Å². The fourth-order valence-electron chi connectivity index (χ4n) is 4.83. The number of piperidine rings is 2. The average Bonchev–Trinajstić information content (AvgIpc) is 3.59. The van der Waals surface area contributed by atoms with Crippen molar-refractivity contribution in [2.24, 2.45) is 0 Å². The van der Waals surface area contributed by atoms with Gasteiger partial charge in [0.2, 0.25) is 0 Å². The molecule has 0 radical (unpaired) electrons. The van der Waals surface area contributed by atoms with Crippen LogP contribution in [-0.4, -0.2) is 66.0 Å². The zero-order chi connectivity index (χ0) is 24.0. The molecule has 0 saturated carbocycles. The fraction of sp³-hybridized carbons (Fsp3) is 0.615. The summed E-state index contributed by atoms with van der Waals surface area (Å²) in [5.74, 6) is 0. The molecule has 2 heterocycles. The first-order valence-corrected chi connectivity index (χ1v) is 18.1. The summed E-state index contributed by atoms with van der Waals surface area (Å²) >= 11 is 0. The van der Waals surface area contributed by atoms with Crippen LogP contribution >= 0.6 is 0 Å². The molecule has 2 fully saturated rings. The number of hydrogen-bond donors (Lipinski definition) is 0. The Bertz CT molecular complexity index is 619. The Morgan fingerprint density at radius 2 is 0.758 bits per heavy atom. The first-order valence-electron chi connectivity index (χ1n) is 12.2. The van der Waals surface area contributed by atoms with Crippen LogP contribution in [0.3, 0.4) is 0 Å². The SMILES string of the molecule is C[O-].C[O-].C[Si](C)([c-]1cccc1)N1CCCCC1.C[Si](C)([c-]1cccc1)N1CCCCC1.[Zr+4]. The standard InChI is InChI=1S/2C12H20NSi.2CH3O.Zr/c2*1-14(2,12-8-4-5-9-12)13-10-6-3-7-11-13;2*1-2;/h2*4-5,8-9H,3,6-7,10-11H2,1-2H3;2*1H3;/q4*-1;+4. The van der Waals surface area contributed by atoms with Crippen LogP contribution in [0.25, 0.3) is 0 Å².